The van der Waals surface area contributed by atoms with Gasteiger partial charge in [-0.2, -0.15) is 0 Å². The number of nitrogens with zero attached hydrogens (tertiary/aromatic N) is 1. The summed E-state index contributed by atoms with van der Waals surface area (Å²) in [5.41, 5.74) is 6.86. The summed E-state index contributed by atoms with van der Waals surface area (Å²) in [5.74, 6) is -0.153. The Bertz CT molecular complexity index is 167. The first kappa shape index (κ1) is 4.90. The fourth-order valence-electron chi connectivity index (χ4n) is 0.397. The molecular formula is C5H5N2O. The number of rotatable bonds is 0. The minimum Gasteiger partial charge on any atom is -0.504 e. The summed E-state index contributed by atoms with van der Waals surface area (Å²) in [4.78, 5) is 3.50. The van der Waals surface area contributed by atoms with Crippen LogP contribution in [0.5, 0.6) is 5.75 Å². The number of hydrogen-bond acceptors (Lipinski definition) is 2. The number of aromatic hydroxyl groups is 1. The summed E-state index contributed by atoms with van der Waals surface area (Å²) in [6.45, 7) is 0. The van der Waals surface area contributed by atoms with Crippen LogP contribution in [0, 0.1) is 0 Å². The van der Waals surface area contributed by atoms with E-state index in [4.69, 9.17) is 10.8 Å². The van der Waals surface area contributed by atoms with E-state index in [2.05, 4.69) is 4.98 Å². The van der Waals surface area contributed by atoms with E-state index >= 15 is 0 Å². The van der Waals surface area contributed by atoms with E-state index in [0.717, 1.165) is 0 Å². The molecule has 0 aromatic carbocycles. The highest BCUT2D eigenvalue weighted by Crippen LogP contribution is 2.14. The second-order valence-electron chi connectivity index (χ2n) is 1.37. The first-order chi connectivity index (χ1) is 3.80. The lowest BCUT2D eigenvalue weighted by atomic mass is 10.4. The molecule has 0 bridgehead atoms. The van der Waals surface area contributed by atoms with Crippen LogP contribution in [0.3, 0.4) is 0 Å². The summed E-state index contributed by atoms with van der Waals surface area (Å²) in [7, 11) is 0. The van der Waals surface area contributed by atoms with Crippen molar-refractivity contribution in [1.82, 2.24) is 10.7 Å². The second kappa shape index (κ2) is 1.69. The lowest BCUT2D eigenvalue weighted by Crippen LogP contribution is -1.74. The lowest BCUT2D eigenvalue weighted by Gasteiger charge is -1.89. The Labute approximate surface area is 46.8 Å². The molecule has 1 aromatic heterocycles. The second-order valence-corrected chi connectivity index (χ2v) is 1.37. The molecule has 1 rings (SSSR count). The highest BCUT2D eigenvalue weighted by Gasteiger charge is 1.90. The standard InChI is InChI=1S/C5H5N2O/c6-5-4(8)2-1-3-7-5/h1-3,6,8H. The van der Waals surface area contributed by atoms with Crippen LogP contribution in [0.2, 0.25) is 0 Å². The minimum atomic E-state index is -0.0764. The molecule has 8 heavy (non-hydrogen) atoms. The van der Waals surface area contributed by atoms with Gasteiger partial charge in [-0.1, -0.05) is 0 Å². The van der Waals surface area contributed by atoms with E-state index in [1.165, 1.54) is 12.3 Å². The van der Waals surface area contributed by atoms with Crippen molar-refractivity contribution in [2.45, 2.75) is 0 Å². The molecule has 0 saturated heterocycles. The Balaban J connectivity index is 3.13. The molecule has 0 aliphatic heterocycles. The third-order valence-electron chi connectivity index (χ3n) is 0.786. The topological polar surface area (TPSA) is 56.9 Å². The Morgan fingerprint density at radius 2 is 2.38 bits per heavy atom. The van der Waals surface area contributed by atoms with Gasteiger partial charge in [0.1, 0.15) is 0 Å². The van der Waals surface area contributed by atoms with Gasteiger partial charge >= 0.3 is 0 Å². The van der Waals surface area contributed by atoms with E-state index in [1.54, 1.807) is 6.07 Å². The predicted molar refractivity (Wildman–Crippen MR) is 28.7 cm³/mol. The SMILES string of the molecule is [NH]c1ncccc1O. The number of hydrogen-bond donors (Lipinski definition) is 1. The molecular weight excluding hydrogens is 104 g/mol. The Morgan fingerprint density at radius 1 is 1.62 bits per heavy atom. The van der Waals surface area contributed by atoms with Crippen LogP contribution in [0.1, 0.15) is 0 Å². The average molecular weight is 109 g/mol. The van der Waals surface area contributed by atoms with Crippen molar-refractivity contribution in [3.8, 4) is 5.75 Å². The van der Waals surface area contributed by atoms with Crippen LogP contribution in [0.4, 0.5) is 5.82 Å². The van der Waals surface area contributed by atoms with Gasteiger partial charge in [-0.25, -0.2) is 4.98 Å². The van der Waals surface area contributed by atoms with Crippen molar-refractivity contribution in [2.75, 3.05) is 0 Å². The molecule has 3 heteroatoms. The largest absolute Gasteiger partial charge is 0.504 e. The highest BCUT2D eigenvalue weighted by molar-refractivity contribution is 5.39. The van der Waals surface area contributed by atoms with Crippen molar-refractivity contribution in [3.05, 3.63) is 18.3 Å². The Kier molecular flexibility index (Phi) is 1.04. The highest BCUT2D eigenvalue weighted by atomic mass is 16.3. The van der Waals surface area contributed by atoms with E-state index in [1.807, 2.05) is 0 Å². The van der Waals surface area contributed by atoms with Gasteiger partial charge in [-0.05, 0) is 12.1 Å². The number of aromatic nitrogens is 1. The van der Waals surface area contributed by atoms with Crippen LogP contribution < -0.4 is 5.73 Å². The molecule has 0 spiro atoms. The van der Waals surface area contributed by atoms with Crippen molar-refractivity contribution < 1.29 is 5.11 Å². The van der Waals surface area contributed by atoms with Crippen LogP contribution in [0.15, 0.2) is 18.3 Å². The molecule has 1 radical (unpaired) electrons. The number of nitrogens with one attached hydrogen (secondary N) is 1. The maximum absolute atomic E-state index is 8.67. The quantitative estimate of drug-likeness (QED) is 0.533. The van der Waals surface area contributed by atoms with Crippen LogP contribution >= 0.6 is 0 Å². The first-order valence-corrected chi connectivity index (χ1v) is 2.16. The maximum atomic E-state index is 8.67. The van der Waals surface area contributed by atoms with Gasteiger partial charge in [0.2, 0.25) is 0 Å². The van der Waals surface area contributed by atoms with Gasteiger partial charge in [0.05, 0.1) is 0 Å². The van der Waals surface area contributed by atoms with Crippen molar-refractivity contribution in [3.63, 3.8) is 0 Å². The van der Waals surface area contributed by atoms with E-state index in [-0.39, 0.29) is 11.6 Å². The van der Waals surface area contributed by atoms with Crippen LogP contribution in [0.25, 0.3) is 0 Å². The molecule has 1 aromatic rings. The van der Waals surface area contributed by atoms with Gasteiger partial charge in [0.25, 0.3) is 0 Å². The Morgan fingerprint density at radius 3 is 2.75 bits per heavy atom. The zero-order valence-electron chi connectivity index (χ0n) is 4.13. The molecule has 0 aliphatic rings. The first-order valence-electron chi connectivity index (χ1n) is 2.16. The molecule has 0 aliphatic carbocycles. The third kappa shape index (κ3) is 0.703. The fraction of sp³-hybridized carbons (Fsp3) is 0. The summed E-state index contributed by atoms with van der Waals surface area (Å²) < 4.78 is 0. The zero-order valence-corrected chi connectivity index (χ0v) is 4.13. The predicted octanol–water partition coefficient (Wildman–Crippen LogP) is 0.702. The maximum Gasteiger partial charge on any atom is 0.187 e. The smallest absolute Gasteiger partial charge is 0.187 e. The lowest BCUT2D eigenvalue weighted by molar-refractivity contribution is 0.474. The minimum absolute atomic E-state index is 0.0764. The molecule has 1 heterocycles. The number of pyridine rings is 1. The van der Waals surface area contributed by atoms with Crippen molar-refractivity contribution in [1.29, 1.82) is 0 Å². The van der Waals surface area contributed by atoms with Crippen molar-refractivity contribution >= 4 is 5.82 Å². The molecule has 2 N–H and O–H groups in total. The monoisotopic (exact) mass is 109 g/mol. The molecule has 41 valence electrons. The van der Waals surface area contributed by atoms with Crippen LogP contribution in [-0.4, -0.2) is 10.1 Å². The summed E-state index contributed by atoms with van der Waals surface area (Å²) in [6, 6.07) is 3.00. The van der Waals surface area contributed by atoms with Gasteiger partial charge in [0.15, 0.2) is 11.6 Å². The fourth-order valence-corrected chi connectivity index (χ4v) is 0.397. The molecule has 0 atom stereocenters. The molecule has 0 unspecified atom stereocenters. The van der Waals surface area contributed by atoms with Crippen LogP contribution in [-0.2, 0) is 0 Å². The summed E-state index contributed by atoms with van der Waals surface area (Å²) >= 11 is 0. The molecule has 0 saturated carbocycles. The molecule has 0 fully saturated rings. The third-order valence-corrected chi connectivity index (χ3v) is 0.786. The van der Waals surface area contributed by atoms with Crippen molar-refractivity contribution in [2.24, 2.45) is 0 Å². The van der Waals surface area contributed by atoms with Gasteiger partial charge in [0, 0.05) is 6.20 Å². The molecule has 3 nitrogen and oxygen atoms in total. The van der Waals surface area contributed by atoms with Gasteiger partial charge < -0.3 is 5.11 Å². The average Bonchev–Trinajstić information content (AvgIpc) is 1.77. The Hall–Kier alpha value is -1.25. The van der Waals surface area contributed by atoms with E-state index in [9.17, 15) is 0 Å². The van der Waals surface area contributed by atoms with Gasteiger partial charge in [-0.15, -0.1) is 0 Å². The zero-order chi connectivity index (χ0) is 5.98. The van der Waals surface area contributed by atoms with E-state index in [0.29, 0.717) is 0 Å². The van der Waals surface area contributed by atoms with Gasteiger partial charge in [-0.3, -0.25) is 5.73 Å². The normalized spacial score (nSPS) is 9.00. The summed E-state index contributed by atoms with van der Waals surface area (Å²) in [5, 5.41) is 8.67. The van der Waals surface area contributed by atoms with E-state index < -0.39 is 0 Å². The molecule has 0 amide bonds. The summed E-state index contributed by atoms with van der Waals surface area (Å²) in [6.07, 6.45) is 1.46.